The maximum absolute atomic E-state index is 13.6. The number of benzene rings is 2. The van der Waals surface area contributed by atoms with Gasteiger partial charge < -0.3 is 4.90 Å². The summed E-state index contributed by atoms with van der Waals surface area (Å²) in [5.74, 6) is -1.33. The van der Waals surface area contributed by atoms with Crippen LogP contribution < -0.4 is 4.90 Å². The summed E-state index contributed by atoms with van der Waals surface area (Å²) in [6, 6.07) is 9.71. The smallest absolute Gasteiger partial charge is 0.288 e. The van der Waals surface area contributed by atoms with E-state index < -0.39 is 22.8 Å². The van der Waals surface area contributed by atoms with Crippen LogP contribution in [0.2, 0.25) is 5.02 Å². The molecule has 0 radical (unpaired) electrons. The minimum atomic E-state index is -0.956. The summed E-state index contributed by atoms with van der Waals surface area (Å²) in [7, 11) is 0. The van der Waals surface area contributed by atoms with Gasteiger partial charge in [-0.15, -0.1) is 0 Å². The molecule has 8 nitrogen and oxygen atoms in total. The third kappa shape index (κ3) is 4.74. The highest BCUT2D eigenvalue weighted by atomic mass is 127. The summed E-state index contributed by atoms with van der Waals surface area (Å²) in [5.41, 5.74) is 0.163. The highest BCUT2D eigenvalue weighted by molar-refractivity contribution is 14.1. The molecule has 172 valence electrons. The lowest BCUT2D eigenvalue weighted by atomic mass is 9.92. The van der Waals surface area contributed by atoms with Crippen LogP contribution in [0.3, 0.4) is 0 Å². The first kappa shape index (κ1) is 23.6. The fraction of sp³-hybridized carbons (Fsp3) is 0.348. The summed E-state index contributed by atoms with van der Waals surface area (Å²) in [6.45, 7) is 0. The van der Waals surface area contributed by atoms with Gasteiger partial charge in [0.15, 0.2) is 0 Å². The Morgan fingerprint density at radius 3 is 2.39 bits per heavy atom. The summed E-state index contributed by atoms with van der Waals surface area (Å²) >= 11 is 8.06. The first-order chi connectivity index (χ1) is 15.8. The second-order valence-electron chi connectivity index (χ2n) is 8.19. The zero-order chi connectivity index (χ0) is 23.7. The molecule has 10 heteroatoms. The van der Waals surface area contributed by atoms with Crippen LogP contribution >= 0.6 is 34.2 Å². The summed E-state index contributed by atoms with van der Waals surface area (Å²) < 4.78 is 0.968. The number of nitro benzene ring substituents is 1. The first-order valence-electron chi connectivity index (χ1n) is 10.7. The number of hydrogen-bond acceptors (Lipinski definition) is 5. The van der Waals surface area contributed by atoms with Crippen LogP contribution in [0.25, 0.3) is 0 Å². The molecule has 1 heterocycles. The molecule has 0 aromatic heterocycles. The maximum atomic E-state index is 13.6. The van der Waals surface area contributed by atoms with Gasteiger partial charge in [0.1, 0.15) is 11.1 Å². The van der Waals surface area contributed by atoms with E-state index in [0.717, 1.165) is 33.8 Å². The van der Waals surface area contributed by atoms with E-state index in [9.17, 15) is 24.5 Å². The third-order valence-electron chi connectivity index (χ3n) is 6.14. The van der Waals surface area contributed by atoms with Crippen molar-refractivity contribution in [3.63, 3.8) is 0 Å². The molecule has 1 aliphatic heterocycles. The molecular weight excluding hydrogens is 561 g/mol. The Labute approximate surface area is 209 Å². The number of halogens is 2. The average Bonchev–Trinajstić information content (AvgIpc) is 3.09. The maximum Gasteiger partial charge on any atom is 0.288 e. The van der Waals surface area contributed by atoms with Crippen molar-refractivity contribution in [2.45, 2.75) is 50.6 Å². The van der Waals surface area contributed by atoms with Gasteiger partial charge in [0.05, 0.1) is 17.0 Å². The molecule has 1 aliphatic carbocycles. The second kappa shape index (κ2) is 9.76. The highest BCUT2D eigenvalue weighted by Gasteiger charge is 2.46. The Hall–Kier alpha value is -2.53. The average molecular weight is 582 g/mol. The quantitative estimate of drug-likeness (QED) is 0.215. The molecule has 1 saturated heterocycles. The van der Waals surface area contributed by atoms with Crippen LogP contribution in [0.1, 0.15) is 48.9 Å². The molecule has 2 aliphatic rings. The van der Waals surface area contributed by atoms with Crippen molar-refractivity contribution < 1.29 is 19.3 Å². The van der Waals surface area contributed by atoms with E-state index in [1.807, 2.05) is 0 Å². The lowest BCUT2D eigenvalue weighted by molar-refractivity contribution is -0.384. The Morgan fingerprint density at radius 1 is 1.09 bits per heavy atom. The van der Waals surface area contributed by atoms with Crippen molar-refractivity contribution in [3.05, 3.63) is 66.7 Å². The van der Waals surface area contributed by atoms with Gasteiger partial charge in [-0.3, -0.25) is 24.5 Å². The Balaban J connectivity index is 1.70. The minimum absolute atomic E-state index is 0.0715. The van der Waals surface area contributed by atoms with Gasteiger partial charge in [0.25, 0.3) is 17.5 Å². The molecule has 2 fully saturated rings. The van der Waals surface area contributed by atoms with Gasteiger partial charge in [0, 0.05) is 21.2 Å². The van der Waals surface area contributed by atoms with Crippen LogP contribution in [-0.4, -0.2) is 39.6 Å². The largest absolute Gasteiger partial charge is 0.323 e. The van der Waals surface area contributed by atoms with E-state index >= 15 is 0 Å². The van der Waals surface area contributed by atoms with Gasteiger partial charge in [-0.1, -0.05) is 30.9 Å². The van der Waals surface area contributed by atoms with Crippen LogP contribution in [0.5, 0.6) is 0 Å². The van der Waals surface area contributed by atoms with E-state index in [1.54, 1.807) is 24.3 Å². The van der Waals surface area contributed by atoms with Crippen molar-refractivity contribution in [2.24, 2.45) is 0 Å². The number of amides is 3. The number of anilines is 1. The lowest BCUT2D eigenvalue weighted by Crippen LogP contribution is -2.51. The Bertz CT molecular complexity index is 1120. The fourth-order valence-corrected chi connectivity index (χ4v) is 5.10. The van der Waals surface area contributed by atoms with E-state index in [2.05, 4.69) is 22.6 Å². The zero-order valence-electron chi connectivity index (χ0n) is 17.6. The van der Waals surface area contributed by atoms with E-state index in [-0.39, 0.29) is 34.6 Å². The number of nitrogens with zero attached hydrogens (tertiary/aromatic N) is 3. The van der Waals surface area contributed by atoms with Crippen LogP contribution in [0.4, 0.5) is 11.4 Å². The van der Waals surface area contributed by atoms with E-state index in [4.69, 9.17) is 11.6 Å². The number of carbonyl (C=O) groups is 3. The zero-order valence-corrected chi connectivity index (χ0v) is 20.5. The van der Waals surface area contributed by atoms with Gasteiger partial charge >= 0.3 is 0 Å². The van der Waals surface area contributed by atoms with Crippen LogP contribution in [-0.2, 0) is 9.59 Å². The second-order valence-corrected chi connectivity index (χ2v) is 9.84. The first-order valence-corrected chi connectivity index (χ1v) is 12.1. The van der Waals surface area contributed by atoms with Gasteiger partial charge in [-0.25, -0.2) is 4.90 Å². The highest BCUT2D eigenvalue weighted by Crippen LogP contribution is 2.33. The molecule has 1 saturated carbocycles. The van der Waals surface area contributed by atoms with Crippen LogP contribution in [0.15, 0.2) is 42.5 Å². The summed E-state index contributed by atoms with van der Waals surface area (Å²) in [6.07, 6.45) is 4.15. The topological polar surface area (TPSA) is 101 Å². The molecule has 2 aromatic rings. The number of hydrogen-bond donors (Lipinski definition) is 0. The van der Waals surface area contributed by atoms with Crippen molar-refractivity contribution in [3.8, 4) is 0 Å². The van der Waals surface area contributed by atoms with Crippen molar-refractivity contribution >= 4 is 63.3 Å². The number of imide groups is 1. The van der Waals surface area contributed by atoms with Gasteiger partial charge in [-0.05, 0) is 71.8 Å². The van der Waals surface area contributed by atoms with Crippen LogP contribution in [0, 0.1) is 13.7 Å². The molecule has 3 amide bonds. The number of rotatable bonds is 5. The minimum Gasteiger partial charge on any atom is -0.323 e. The normalized spacial score (nSPS) is 19.1. The van der Waals surface area contributed by atoms with Crippen molar-refractivity contribution in [2.75, 3.05) is 4.90 Å². The van der Waals surface area contributed by atoms with Gasteiger partial charge in [0.2, 0.25) is 5.91 Å². The molecular formula is C23H21ClIN3O5. The monoisotopic (exact) mass is 581 g/mol. The van der Waals surface area contributed by atoms with E-state index in [0.29, 0.717) is 18.5 Å². The molecule has 1 unspecified atom stereocenters. The predicted molar refractivity (Wildman–Crippen MR) is 131 cm³/mol. The molecule has 2 aromatic carbocycles. The van der Waals surface area contributed by atoms with E-state index in [1.165, 1.54) is 17.0 Å². The number of nitro groups is 1. The number of carbonyl (C=O) groups excluding carboxylic acids is 3. The van der Waals surface area contributed by atoms with Crippen molar-refractivity contribution in [1.82, 2.24) is 4.90 Å². The molecule has 1 atom stereocenters. The SMILES string of the molecule is O=C1CC(N(C(=O)c2ccc(Cl)c([N+](=O)[O-])c2)C2CCCCC2)C(=O)N1c1ccc(I)cc1. The molecule has 0 N–H and O–H groups in total. The molecule has 0 spiro atoms. The molecule has 4 rings (SSSR count). The summed E-state index contributed by atoms with van der Waals surface area (Å²) in [4.78, 5) is 53.2. The fourth-order valence-electron chi connectivity index (χ4n) is 4.55. The third-order valence-corrected chi connectivity index (χ3v) is 7.17. The molecule has 33 heavy (non-hydrogen) atoms. The Kier molecular flexibility index (Phi) is 6.99. The predicted octanol–water partition coefficient (Wildman–Crippen LogP) is 4.96. The Morgan fingerprint density at radius 2 is 1.76 bits per heavy atom. The lowest BCUT2D eigenvalue weighted by Gasteiger charge is -2.37. The molecule has 0 bridgehead atoms. The standard InChI is InChI=1S/C23H21ClIN3O5/c24-18-11-6-14(12-19(18)28(32)33)22(30)26(16-4-2-1-3-5-16)20-13-21(29)27(23(20)31)17-9-7-15(25)8-10-17/h6-12,16,20H,1-5,13H2. The summed E-state index contributed by atoms with van der Waals surface area (Å²) in [5, 5.41) is 11.3. The van der Waals surface area contributed by atoms with Crippen molar-refractivity contribution in [1.29, 1.82) is 0 Å². The van der Waals surface area contributed by atoms with Gasteiger partial charge in [-0.2, -0.15) is 0 Å².